The smallest absolute Gasteiger partial charge is 0.335 e. The second-order valence-corrected chi connectivity index (χ2v) is 4.76. The monoisotopic (exact) mass is 293 g/mol. The second kappa shape index (κ2) is 6.20. The van der Waals surface area contributed by atoms with Gasteiger partial charge in [-0.3, -0.25) is 4.79 Å². The average Bonchev–Trinajstić information content (AvgIpc) is 2.83. The second-order valence-electron chi connectivity index (χ2n) is 3.79. The minimum Gasteiger partial charge on any atom is -0.478 e. The quantitative estimate of drug-likeness (QED) is 0.497. The summed E-state index contributed by atoms with van der Waals surface area (Å²) in [6, 6.07) is 5.93. The summed E-state index contributed by atoms with van der Waals surface area (Å²) in [6.45, 7) is 1.61. The van der Waals surface area contributed by atoms with E-state index in [1.54, 1.807) is 6.92 Å². The van der Waals surface area contributed by atoms with Crippen LogP contribution in [0.15, 0.2) is 34.5 Å². The van der Waals surface area contributed by atoms with Gasteiger partial charge in [0.05, 0.1) is 11.3 Å². The number of carboxylic acid groups (broad SMARTS) is 1. The fraction of sp³-hybridized carbons (Fsp3) is 0.167. The molecule has 0 bridgehead atoms. The van der Waals surface area contributed by atoms with E-state index < -0.39 is 5.97 Å². The Morgan fingerprint density at radius 2 is 2.10 bits per heavy atom. The van der Waals surface area contributed by atoms with Gasteiger partial charge >= 0.3 is 5.97 Å². The third-order valence-corrected chi connectivity index (χ3v) is 3.10. The van der Waals surface area contributed by atoms with E-state index in [4.69, 9.17) is 9.84 Å². The normalized spacial score (nSPS) is 17.1. The average molecular weight is 293 g/mol. The third kappa shape index (κ3) is 3.82. The van der Waals surface area contributed by atoms with Crippen LogP contribution in [0.1, 0.15) is 17.3 Å². The number of carboxylic acids is 1. The highest BCUT2D eigenvalue weighted by molar-refractivity contribution is 8.15. The van der Waals surface area contributed by atoms with Crippen molar-refractivity contribution in [2.24, 2.45) is 10.2 Å². The summed E-state index contributed by atoms with van der Waals surface area (Å²) in [5.74, 6) is -0.0266. The molecule has 0 aliphatic carbocycles. The van der Waals surface area contributed by atoms with E-state index in [-0.39, 0.29) is 17.4 Å². The van der Waals surface area contributed by atoms with Crippen molar-refractivity contribution in [3.8, 4) is 5.75 Å². The molecule has 1 saturated heterocycles. The first-order chi connectivity index (χ1) is 9.54. The molecule has 1 aromatic rings. The lowest BCUT2D eigenvalue weighted by atomic mass is 10.2. The van der Waals surface area contributed by atoms with Gasteiger partial charge in [0.15, 0.2) is 5.17 Å². The lowest BCUT2D eigenvalue weighted by Crippen LogP contribution is -2.20. The molecule has 104 valence electrons. The molecule has 0 radical (unpaired) electrons. The molecule has 0 saturated carbocycles. The minimum atomic E-state index is -0.998. The van der Waals surface area contributed by atoms with Crippen molar-refractivity contribution in [2.75, 3.05) is 5.75 Å². The highest BCUT2D eigenvalue weighted by atomic mass is 32.2. The number of amidine groups is 1. The van der Waals surface area contributed by atoms with E-state index >= 15 is 0 Å². The van der Waals surface area contributed by atoms with Crippen LogP contribution in [0.3, 0.4) is 0 Å². The molecule has 0 spiro atoms. The van der Waals surface area contributed by atoms with Gasteiger partial charge < -0.3 is 15.2 Å². The summed E-state index contributed by atoms with van der Waals surface area (Å²) in [4.78, 5) is 21.6. The molecule has 1 fully saturated rings. The van der Waals surface area contributed by atoms with Gasteiger partial charge in [0.2, 0.25) is 11.8 Å². The van der Waals surface area contributed by atoms with Gasteiger partial charge in [-0.15, -0.1) is 10.2 Å². The molecule has 0 atom stereocenters. The van der Waals surface area contributed by atoms with Crippen LogP contribution in [-0.4, -0.2) is 33.8 Å². The van der Waals surface area contributed by atoms with Gasteiger partial charge in [-0.1, -0.05) is 11.8 Å². The molecule has 8 heteroatoms. The number of amides is 1. The summed E-state index contributed by atoms with van der Waals surface area (Å²) in [7, 11) is 0. The van der Waals surface area contributed by atoms with Crippen LogP contribution in [0.25, 0.3) is 0 Å². The zero-order valence-electron chi connectivity index (χ0n) is 10.5. The molecule has 1 aliphatic rings. The first kappa shape index (κ1) is 14.1. The number of benzene rings is 1. The Morgan fingerprint density at radius 1 is 1.40 bits per heavy atom. The van der Waals surface area contributed by atoms with Crippen molar-refractivity contribution in [3.63, 3.8) is 0 Å². The van der Waals surface area contributed by atoms with Gasteiger partial charge in [0.1, 0.15) is 5.75 Å². The lowest BCUT2D eigenvalue weighted by Gasteiger charge is -2.03. The topological polar surface area (TPSA) is 100 Å². The van der Waals surface area contributed by atoms with E-state index in [1.807, 2.05) is 0 Å². The van der Waals surface area contributed by atoms with E-state index in [1.165, 1.54) is 36.0 Å². The SMILES string of the molecule is CC(=NN=C1NC(=O)CS1)Oc1ccc(C(=O)O)cc1. The standard InChI is InChI=1S/C12H11N3O4S/c1-7(14-15-12-13-10(16)6-20-12)19-9-4-2-8(3-5-9)11(17)18/h2-5H,6H2,1H3,(H,17,18)(H,13,15,16). The fourth-order valence-electron chi connectivity index (χ4n) is 1.35. The van der Waals surface area contributed by atoms with Crippen molar-refractivity contribution in [1.29, 1.82) is 0 Å². The van der Waals surface area contributed by atoms with Crippen molar-refractivity contribution < 1.29 is 19.4 Å². The van der Waals surface area contributed by atoms with Crippen molar-refractivity contribution in [2.45, 2.75) is 6.92 Å². The first-order valence-corrected chi connectivity index (χ1v) is 6.59. The molecule has 0 aromatic heterocycles. The molecule has 2 N–H and O–H groups in total. The molecule has 0 unspecified atom stereocenters. The lowest BCUT2D eigenvalue weighted by molar-refractivity contribution is -0.116. The van der Waals surface area contributed by atoms with Crippen LogP contribution in [0.2, 0.25) is 0 Å². The Balaban J connectivity index is 1.98. The molecule has 2 rings (SSSR count). The molecular weight excluding hydrogens is 282 g/mol. The number of aromatic carboxylic acids is 1. The van der Waals surface area contributed by atoms with Crippen molar-refractivity contribution in [1.82, 2.24) is 5.32 Å². The maximum atomic E-state index is 10.9. The summed E-state index contributed by atoms with van der Waals surface area (Å²) in [5.41, 5.74) is 0.178. The molecule has 1 aromatic carbocycles. The predicted molar refractivity (Wildman–Crippen MR) is 75.2 cm³/mol. The van der Waals surface area contributed by atoms with Gasteiger partial charge in [-0.2, -0.15) is 0 Å². The van der Waals surface area contributed by atoms with E-state index in [9.17, 15) is 9.59 Å². The highest BCUT2D eigenvalue weighted by Crippen LogP contribution is 2.13. The summed E-state index contributed by atoms with van der Waals surface area (Å²) in [5, 5.41) is 19.4. The number of hydrogen-bond donors (Lipinski definition) is 2. The summed E-state index contributed by atoms with van der Waals surface area (Å²) >= 11 is 1.27. The van der Waals surface area contributed by atoms with Crippen LogP contribution < -0.4 is 10.1 Å². The van der Waals surface area contributed by atoms with Crippen LogP contribution in [0.4, 0.5) is 0 Å². The summed E-state index contributed by atoms with van der Waals surface area (Å²) < 4.78 is 5.36. The Morgan fingerprint density at radius 3 is 2.65 bits per heavy atom. The first-order valence-electron chi connectivity index (χ1n) is 5.61. The number of rotatable bonds is 3. The maximum absolute atomic E-state index is 10.9. The van der Waals surface area contributed by atoms with E-state index in [0.29, 0.717) is 16.7 Å². The molecule has 7 nitrogen and oxygen atoms in total. The number of ether oxygens (including phenoxy) is 1. The maximum Gasteiger partial charge on any atom is 0.335 e. The number of carbonyl (C=O) groups excluding carboxylic acids is 1. The largest absolute Gasteiger partial charge is 0.478 e. The van der Waals surface area contributed by atoms with Gasteiger partial charge in [0, 0.05) is 6.92 Å². The van der Waals surface area contributed by atoms with Crippen LogP contribution in [-0.2, 0) is 4.79 Å². The van der Waals surface area contributed by atoms with E-state index in [0.717, 1.165) is 0 Å². The fourth-order valence-corrected chi connectivity index (χ4v) is 1.98. The van der Waals surface area contributed by atoms with Crippen LogP contribution in [0.5, 0.6) is 5.75 Å². The minimum absolute atomic E-state index is 0.105. The Bertz CT molecular complexity index is 595. The number of carbonyl (C=O) groups is 2. The number of nitrogens with one attached hydrogen (secondary N) is 1. The molecule has 1 heterocycles. The van der Waals surface area contributed by atoms with E-state index in [2.05, 4.69) is 15.5 Å². The van der Waals surface area contributed by atoms with Crippen LogP contribution in [0, 0.1) is 0 Å². The molecular formula is C12H11N3O4S. The third-order valence-electron chi connectivity index (χ3n) is 2.23. The molecule has 1 aliphatic heterocycles. The van der Waals surface area contributed by atoms with Gasteiger partial charge in [-0.25, -0.2) is 4.79 Å². The highest BCUT2D eigenvalue weighted by Gasteiger charge is 2.16. The van der Waals surface area contributed by atoms with Crippen molar-refractivity contribution in [3.05, 3.63) is 29.8 Å². The molecule has 20 heavy (non-hydrogen) atoms. The zero-order chi connectivity index (χ0) is 14.5. The molecule has 1 amide bonds. The summed E-state index contributed by atoms with van der Waals surface area (Å²) in [6.07, 6.45) is 0. The van der Waals surface area contributed by atoms with Gasteiger partial charge in [-0.05, 0) is 24.3 Å². The Kier molecular flexibility index (Phi) is 4.36. The predicted octanol–water partition coefficient (Wildman–Crippen LogP) is 1.32. The van der Waals surface area contributed by atoms with Gasteiger partial charge in [0.25, 0.3) is 0 Å². The number of nitrogens with zero attached hydrogens (tertiary/aromatic N) is 2. The number of thioether (sulfide) groups is 1. The Labute approximate surface area is 118 Å². The Hall–Kier alpha value is -2.35. The number of hydrogen-bond acceptors (Lipinski definition) is 6. The zero-order valence-corrected chi connectivity index (χ0v) is 11.3. The van der Waals surface area contributed by atoms with Crippen molar-refractivity contribution >= 4 is 34.7 Å². The van der Waals surface area contributed by atoms with Crippen LogP contribution >= 0.6 is 11.8 Å².